The lowest BCUT2D eigenvalue weighted by Crippen LogP contribution is -2.36. The largest absolute Gasteiger partial charge is 0.272 e. The number of hydrazone groups is 1. The second-order valence-corrected chi connectivity index (χ2v) is 5.65. The van der Waals surface area contributed by atoms with E-state index in [2.05, 4.69) is 5.10 Å². The number of carbonyl (C=O) groups is 1. The molecule has 19 heavy (non-hydrogen) atoms. The highest BCUT2D eigenvalue weighted by Crippen LogP contribution is 2.32. The predicted octanol–water partition coefficient (Wildman–Crippen LogP) is 3.27. The predicted molar refractivity (Wildman–Crippen MR) is 68.5 cm³/mol. The lowest BCUT2D eigenvalue weighted by atomic mass is 9.93. The van der Waals surface area contributed by atoms with Gasteiger partial charge < -0.3 is 0 Å². The van der Waals surface area contributed by atoms with Crippen LogP contribution in [0.15, 0.2) is 23.3 Å². The molecule has 0 aliphatic carbocycles. The zero-order chi connectivity index (χ0) is 14.2. The first kappa shape index (κ1) is 13.6. The van der Waals surface area contributed by atoms with Crippen LogP contribution in [0.1, 0.15) is 38.8 Å². The summed E-state index contributed by atoms with van der Waals surface area (Å²) >= 11 is 0. The van der Waals surface area contributed by atoms with Crippen LogP contribution in [0.25, 0.3) is 0 Å². The highest BCUT2D eigenvalue weighted by Gasteiger charge is 2.35. The molecule has 0 fully saturated rings. The van der Waals surface area contributed by atoms with E-state index < -0.39 is 23.1 Å². The Labute approximate surface area is 110 Å². The molecule has 1 atom stereocenters. The molecule has 3 nitrogen and oxygen atoms in total. The minimum absolute atomic E-state index is 0.170. The van der Waals surface area contributed by atoms with Crippen LogP contribution < -0.4 is 0 Å². The maximum atomic E-state index is 13.3. The van der Waals surface area contributed by atoms with Crippen molar-refractivity contribution < 1.29 is 13.6 Å². The second kappa shape index (κ2) is 4.72. The van der Waals surface area contributed by atoms with Gasteiger partial charge in [0.2, 0.25) is 5.91 Å². The summed E-state index contributed by atoms with van der Waals surface area (Å²) in [7, 11) is 0. The fourth-order valence-corrected chi connectivity index (χ4v) is 2.00. The first-order valence-corrected chi connectivity index (χ1v) is 6.11. The van der Waals surface area contributed by atoms with Gasteiger partial charge in [0, 0.05) is 24.1 Å². The monoisotopic (exact) mass is 265 g/mol. The smallest absolute Gasteiger partial charge is 0.248 e. The van der Waals surface area contributed by atoms with Crippen LogP contribution in [0.2, 0.25) is 0 Å². The van der Waals surface area contributed by atoms with Gasteiger partial charge in [-0.2, -0.15) is 5.10 Å². The lowest BCUT2D eigenvalue weighted by molar-refractivity contribution is -0.141. The minimum atomic E-state index is -0.648. The number of halogens is 2. The van der Waals surface area contributed by atoms with Crippen molar-refractivity contribution in [3.8, 4) is 0 Å². The first-order chi connectivity index (χ1) is 8.79. The van der Waals surface area contributed by atoms with E-state index in [1.807, 2.05) is 0 Å². The van der Waals surface area contributed by atoms with Crippen molar-refractivity contribution in [3.63, 3.8) is 0 Å². The molecule has 1 aromatic rings. The third kappa shape index (κ3) is 2.80. The maximum absolute atomic E-state index is 13.3. The van der Waals surface area contributed by atoms with Crippen LogP contribution in [0.5, 0.6) is 0 Å². The number of nitrogens with zero attached hydrogens (tertiary/aromatic N) is 2. The van der Waals surface area contributed by atoms with Gasteiger partial charge >= 0.3 is 0 Å². The third-order valence-electron chi connectivity index (χ3n) is 2.95. The standard InChI is InChI=1S/C14H16F2N2O/c1-14(2,3)13(19)18-12(4-5-17-18)9-6-10(15)8-11(16)7-9/h5-8,12H,4H2,1-3H3/i15-1. The molecule has 1 aliphatic rings. The van der Waals surface area contributed by atoms with E-state index in [9.17, 15) is 13.6 Å². The fourth-order valence-electron chi connectivity index (χ4n) is 2.00. The molecule has 1 amide bonds. The SMILES string of the molecule is CC(C)(C)C(=O)N1N=CCC1c1cc(F)cc([18F])c1. The van der Waals surface area contributed by atoms with Gasteiger partial charge in [0.15, 0.2) is 0 Å². The Morgan fingerprint density at radius 2 is 1.84 bits per heavy atom. The molecule has 0 radical (unpaired) electrons. The summed E-state index contributed by atoms with van der Waals surface area (Å²) in [6, 6.07) is 2.86. The Kier molecular flexibility index (Phi) is 3.39. The molecule has 2 rings (SSSR count). The van der Waals surface area contributed by atoms with Crippen molar-refractivity contribution in [3.05, 3.63) is 35.4 Å². The average molecular weight is 265 g/mol. The van der Waals surface area contributed by atoms with Gasteiger partial charge in [-0.25, -0.2) is 13.8 Å². The molecule has 0 saturated carbocycles. The second-order valence-electron chi connectivity index (χ2n) is 5.65. The summed E-state index contributed by atoms with van der Waals surface area (Å²) in [5.74, 6) is -1.47. The Morgan fingerprint density at radius 3 is 2.37 bits per heavy atom. The number of carbonyl (C=O) groups excluding carboxylic acids is 1. The van der Waals surface area contributed by atoms with Crippen molar-refractivity contribution in [2.45, 2.75) is 33.2 Å². The van der Waals surface area contributed by atoms with Gasteiger partial charge in [0.25, 0.3) is 0 Å². The summed E-state index contributed by atoms with van der Waals surface area (Å²) in [5, 5.41) is 5.35. The molecule has 1 unspecified atom stereocenters. The van der Waals surface area contributed by atoms with Crippen molar-refractivity contribution in [1.82, 2.24) is 5.01 Å². The van der Waals surface area contributed by atoms with Crippen molar-refractivity contribution in [1.29, 1.82) is 0 Å². The number of rotatable bonds is 1. The highest BCUT2D eigenvalue weighted by molar-refractivity contribution is 5.84. The Morgan fingerprint density at radius 1 is 1.26 bits per heavy atom. The van der Waals surface area contributed by atoms with E-state index in [4.69, 9.17) is 0 Å². The van der Waals surface area contributed by atoms with Crippen molar-refractivity contribution in [2.75, 3.05) is 0 Å². The molecular weight excluding hydrogens is 249 g/mol. The highest BCUT2D eigenvalue weighted by atomic mass is 19.1. The molecule has 0 N–H and O–H groups in total. The minimum Gasteiger partial charge on any atom is -0.272 e. The normalized spacial score (nSPS) is 19.0. The Balaban J connectivity index is 2.32. The topological polar surface area (TPSA) is 32.7 Å². The van der Waals surface area contributed by atoms with Gasteiger partial charge in [-0.05, 0) is 17.7 Å². The summed E-state index contributed by atoms with van der Waals surface area (Å²) < 4.78 is 26.5. The van der Waals surface area contributed by atoms with Gasteiger partial charge in [0.05, 0.1) is 6.04 Å². The third-order valence-corrected chi connectivity index (χ3v) is 2.95. The summed E-state index contributed by atoms with van der Waals surface area (Å²) in [5.41, 5.74) is -0.168. The Hall–Kier alpha value is -1.78. The first-order valence-electron chi connectivity index (χ1n) is 6.11. The van der Waals surface area contributed by atoms with Crippen LogP contribution in [-0.4, -0.2) is 17.1 Å². The molecular formula is C14H16F2N2O. The van der Waals surface area contributed by atoms with Crippen LogP contribution in [-0.2, 0) is 4.79 Å². The van der Waals surface area contributed by atoms with Crippen LogP contribution in [0, 0.1) is 17.0 Å². The average Bonchev–Trinajstić information content (AvgIpc) is 2.73. The molecule has 102 valence electrons. The number of benzene rings is 1. The quantitative estimate of drug-likeness (QED) is 0.767. The van der Waals surface area contributed by atoms with Gasteiger partial charge in [-0.3, -0.25) is 4.79 Å². The van der Waals surface area contributed by atoms with Gasteiger partial charge in [-0.15, -0.1) is 0 Å². The lowest BCUT2D eigenvalue weighted by Gasteiger charge is -2.28. The fraction of sp³-hybridized carbons (Fsp3) is 0.429. The van der Waals surface area contributed by atoms with Crippen LogP contribution >= 0.6 is 0 Å². The van der Waals surface area contributed by atoms with Crippen LogP contribution in [0.3, 0.4) is 0 Å². The molecule has 0 bridgehead atoms. The molecule has 0 aromatic heterocycles. The maximum Gasteiger partial charge on any atom is 0.248 e. The molecule has 1 heterocycles. The van der Waals surface area contributed by atoms with E-state index in [1.165, 1.54) is 17.1 Å². The molecule has 0 saturated heterocycles. The Bertz CT molecular complexity index is 514. The zero-order valence-corrected chi connectivity index (χ0v) is 11.2. The van der Waals surface area contributed by atoms with Crippen LogP contribution in [0.4, 0.5) is 8.78 Å². The molecule has 1 aromatic carbocycles. The summed E-state index contributed by atoms with van der Waals surface area (Å²) in [6.45, 7) is 5.35. The number of hydrogen-bond acceptors (Lipinski definition) is 2. The summed E-state index contributed by atoms with van der Waals surface area (Å²) in [4.78, 5) is 12.2. The van der Waals surface area contributed by atoms with Gasteiger partial charge in [-0.1, -0.05) is 20.8 Å². The molecule has 0 spiro atoms. The van der Waals surface area contributed by atoms with E-state index in [1.54, 1.807) is 27.0 Å². The van der Waals surface area contributed by atoms with E-state index >= 15 is 0 Å². The van der Waals surface area contributed by atoms with Crippen molar-refractivity contribution >= 4 is 12.1 Å². The summed E-state index contributed by atoms with van der Waals surface area (Å²) in [6.07, 6.45) is 2.06. The zero-order valence-electron chi connectivity index (χ0n) is 11.2. The van der Waals surface area contributed by atoms with Crippen molar-refractivity contribution in [2.24, 2.45) is 10.5 Å². The van der Waals surface area contributed by atoms with E-state index in [-0.39, 0.29) is 5.91 Å². The number of amides is 1. The van der Waals surface area contributed by atoms with Gasteiger partial charge in [0.1, 0.15) is 11.6 Å². The number of hydrogen-bond donors (Lipinski definition) is 0. The van der Waals surface area contributed by atoms with E-state index in [0.29, 0.717) is 12.0 Å². The molecule has 5 heteroatoms. The van der Waals surface area contributed by atoms with E-state index in [0.717, 1.165) is 6.07 Å². The molecule has 1 aliphatic heterocycles.